The van der Waals surface area contributed by atoms with Crippen LogP contribution in [-0.2, 0) is 4.79 Å². The number of phenols is 1. The summed E-state index contributed by atoms with van der Waals surface area (Å²) < 4.78 is 5.47. The van der Waals surface area contributed by atoms with Gasteiger partial charge in [0.2, 0.25) is 0 Å². The Bertz CT molecular complexity index is 684. The lowest BCUT2D eigenvalue weighted by Crippen LogP contribution is -2.30. The van der Waals surface area contributed by atoms with Gasteiger partial charge < -0.3 is 20.3 Å². The number of hydrogen-bond donors (Lipinski definition) is 3. The summed E-state index contributed by atoms with van der Waals surface area (Å²) in [6.07, 6.45) is -0.760. The van der Waals surface area contributed by atoms with E-state index in [4.69, 9.17) is 9.84 Å². The molecule has 6 nitrogen and oxygen atoms in total. The molecule has 22 heavy (non-hydrogen) atoms. The zero-order valence-corrected chi connectivity index (χ0v) is 11.8. The molecule has 3 N–H and O–H groups in total. The number of carboxylic acid groups (broad SMARTS) is 1. The van der Waals surface area contributed by atoms with Crippen LogP contribution in [0.1, 0.15) is 17.3 Å². The average Bonchev–Trinajstić information content (AvgIpc) is 2.49. The van der Waals surface area contributed by atoms with Gasteiger partial charge in [0, 0.05) is 5.69 Å². The number of carbonyl (C=O) groups excluding carboxylic acids is 1. The molecule has 0 bridgehead atoms. The van der Waals surface area contributed by atoms with Crippen molar-refractivity contribution in [1.82, 2.24) is 0 Å². The van der Waals surface area contributed by atoms with E-state index in [0.29, 0.717) is 5.75 Å². The number of carbonyl (C=O) groups is 2. The van der Waals surface area contributed by atoms with E-state index in [1.165, 1.54) is 18.2 Å². The van der Waals surface area contributed by atoms with Gasteiger partial charge >= 0.3 is 5.97 Å². The van der Waals surface area contributed by atoms with E-state index in [9.17, 15) is 14.7 Å². The lowest BCUT2D eigenvalue weighted by atomic mass is 10.1. The maximum atomic E-state index is 12.0. The third-order valence-corrected chi connectivity index (χ3v) is 2.92. The summed E-state index contributed by atoms with van der Waals surface area (Å²) in [5.74, 6) is -1.51. The number of carboxylic acids is 1. The monoisotopic (exact) mass is 301 g/mol. The van der Waals surface area contributed by atoms with Crippen molar-refractivity contribution < 1.29 is 24.5 Å². The fourth-order valence-electron chi connectivity index (χ4n) is 1.79. The van der Waals surface area contributed by atoms with Crippen LogP contribution in [0.5, 0.6) is 11.5 Å². The van der Waals surface area contributed by atoms with Crippen LogP contribution < -0.4 is 10.1 Å². The lowest BCUT2D eigenvalue weighted by molar-refractivity contribution is -0.122. The summed E-state index contributed by atoms with van der Waals surface area (Å²) in [4.78, 5) is 23.0. The van der Waals surface area contributed by atoms with Crippen LogP contribution in [0.4, 0.5) is 5.69 Å². The third kappa shape index (κ3) is 3.76. The number of benzene rings is 2. The van der Waals surface area contributed by atoms with Crippen LogP contribution in [-0.4, -0.2) is 28.2 Å². The largest absolute Gasteiger partial charge is 0.507 e. The van der Waals surface area contributed by atoms with Gasteiger partial charge in [0.1, 0.15) is 17.1 Å². The fraction of sp³-hybridized carbons (Fsp3) is 0.125. The van der Waals surface area contributed by atoms with Gasteiger partial charge in [0.15, 0.2) is 6.10 Å². The Morgan fingerprint density at radius 2 is 1.82 bits per heavy atom. The normalized spacial score (nSPS) is 11.5. The second-order valence-corrected chi connectivity index (χ2v) is 4.60. The summed E-state index contributed by atoms with van der Waals surface area (Å²) >= 11 is 0. The van der Waals surface area contributed by atoms with Crippen LogP contribution >= 0.6 is 0 Å². The predicted octanol–water partition coefficient (Wildman–Crippen LogP) is 2.50. The molecule has 0 heterocycles. The first-order valence-corrected chi connectivity index (χ1v) is 6.56. The Hall–Kier alpha value is -3.02. The molecule has 0 radical (unpaired) electrons. The number of aromatic hydroxyl groups is 1. The highest BCUT2D eigenvalue weighted by molar-refractivity contribution is 5.97. The van der Waals surface area contributed by atoms with Gasteiger partial charge in [-0.05, 0) is 37.3 Å². The van der Waals surface area contributed by atoms with E-state index in [1.807, 2.05) is 6.07 Å². The number of nitrogens with one attached hydrogen (secondary N) is 1. The molecule has 0 aliphatic heterocycles. The minimum atomic E-state index is -1.28. The molecular formula is C16H15NO5. The first kappa shape index (κ1) is 15.4. The molecule has 0 aliphatic carbocycles. The standard InChI is InChI=1S/C16H15NO5/c1-10(22-12-5-3-2-4-6-12)15(19)17-11-7-8-14(18)13(9-11)16(20)21/h2-10,18H,1H3,(H,17,19)(H,20,21). The molecule has 1 amide bonds. The zero-order chi connectivity index (χ0) is 16.1. The van der Waals surface area contributed by atoms with Crippen molar-refractivity contribution in [1.29, 1.82) is 0 Å². The molecule has 114 valence electrons. The number of rotatable bonds is 5. The molecule has 2 rings (SSSR count). The van der Waals surface area contributed by atoms with Gasteiger partial charge in [-0.3, -0.25) is 4.79 Å². The van der Waals surface area contributed by atoms with Crippen molar-refractivity contribution in [2.24, 2.45) is 0 Å². The van der Waals surface area contributed by atoms with Crippen molar-refractivity contribution in [3.05, 3.63) is 54.1 Å². The van der Waals surface area contributed by atoms with Gasteiger partial charge in [-0.15, -0.1) is 0 Å². The molecule has 2 aromatic carbocycles. The van der Waals surface area contributed by atoms with Crippen molar-refractivity contribution in [2.45, 2.75) is 13.0 Å². The minimum absolute atomic E-state index is 0.267. The van der Waals surface area contributed by atoms with Gasteiger partial charge in [-0.25, -0.2) is 4.79 Å². The van der Waals surface area contributed by atoms with E-state index < -0.39 is 18.0 Å². The van der Waals surface area contributed by atoms with E-state index in [2.05, 4.69) is 5.32 Å². The van der Waals surface area contributed by atoms with Gasteiger partial charge in [0.25, 0.3) is 5.91 Å². The fourth-order valence-corrected chi connectivity index (χ4v) is 1.79. The van der Waals surface area contributed by atoms with Crippen LogP contribution in [0.25, 0.3) is 0 Å². The van der Waals surface area contributed by atoms with Crippen molar-refractivity contribution >= 4 is 17.6 Å². The maximum Gasteiger partial charge on any atom is 0.339 e. The molecule has 1 atom stereocenters. The molecule has 0 saturated heterocycles. The Morgan fingerprint density at radius 3 is 2.45 bits per heavy atom. The molecule has 0 spiro atoms. The van der Waals surface area contributed by atoms with Gasteiger partial charge in [-0.1, -0.05) is 18.2 Å². The zero-order valence-electron chi connectivity index (χ0n) is 11.8. The summed E-state index contributed by atoms with van der Waals surface area (Å²) in [6, 6.07) is 12.7. The van der Waals surface area contributed by atoms with E-state index in [1.54, 1.807) is 31.2 Å². The molecule has 0 aromatic heterocycles. The van der Waals surface area contributed by atoms with Crippen molar-refractivity contribution in [2.75, 3.05) is 5.32 Å². The molecule has 0 saturated carbocycles. The molecule has 6 heteroatoms. The van der Waals surface area contributed by atoms with Crippen molar-refractivity contribution in [3.63, 3.8) is 0 Å². The first-order chi connectivity index (χ1) is 10.5. The Morgan fingerprint density at radius 1 is 1.14 bits per heavy atom. The maximum absolute atomic E-state index is 12.0. The topological polar surface area (TPSA) is 95.9 Å². The molecule has 0 aliphatic rings. The van der Waals surface area contributed by atoms with Crippen LogP contribution in [0.3, 0.4) is 0 Å². The second kappa shape index (κ2) is 6.62. The van der Waals surface area contributed by atoms with E-state index in [-0.39, 0.29) is 17.0 Å². The van der Waals surface area contributed by atoms with E-state index in [0.717, 1.165) is 0 Å². The lowest BCUT2D eigenvalue weighted by Gasteiger charge is -2.15. The summed E-state index contributed by atoms with van der Waals surface area (Å²) in [7, 11) is 0. The first-order valence-electron chi connectivity index (χ1n) is 6.56. The third-order valence-electron chi connectivity index (χ3n) is 2.92. The predicted molar refractivity (Wildman–Crippen MR) is 80.2 cm³/mol. The average molecular weight is 301 g/mol. The quantitative estimate of drug-likeness (QED) is 0.737. The molecule has 0 fully saturated rings. The smallest absolute Gasteiger partial charge is 0.339 e. The summed E-state index contributed by atoms with van der Waals surface area (Å²) in [5, 5.41) is 20.9. The van der Waals surface area contributed by atoms with E-state index >= 15 is 0 Å². The Kier molecular flexibility index (Phi) is 4.63. The van der Waals surface area contributed by atoms with Crippen LogP contribution in [0.15, 0.2) is 48.5 Å². The number of anilines is 1. The number of hydrogen-bond acceptors (Lipinski definition) is 4. The van der Waals surface area contributed by atoms with Gasteiger partial charge in [0.05, 0.1) is 0 Å². The minimum Gasteiger partial charge on any atom is -0.507 e. The van der Waals surface area contributed by atoms with Crippen LogP contribution in [0, 0.1) is 0 Å². The Balaban J connectivity index is 2.05. The molecule has 2 aromatic rings. The molecular weight excluding hydrogens is 286 g/mol. The number of amides is 1. The summed E-state index contributed by atoms with van der Waals surface area (Å²) in [6.45, 7) is 1.58. The Labute approximate surface area is 127 Å². The number of para-hydroxylation sites is 1. The van der Waals surface area contributed by atoms with Crippen molar-refractivity contribution in [3.8, 4) is 11.5 Å². The molecule has 1 unspecified atom stereocenters. The second-order valence-electron chi connectivity index (χ2n) is 4.60. The van der Waals surface area contributed by atoms with Crippen LogP contribution in [0.2, 0.25) is 0 Å². The highest BCUT2D eigenvalue weighted by Crippen LogP contribution is 2.21. The highest BCUT2D eigenvalue weighted by atomic mass is 16.5. The highest BCUT2D eigenvalue weighted by Gasteiger charge is 2.16. The number of ether oxygens (including phenoxy) is 1. The summed E-state index contributed by atoms with van der Waals surface area (Å²) in [5.41, 5.74) is -0.0156. The van der Waals surface area contributed by atoms with Gasteiger partial charge in [-0.2, -0.15) is 0 Å². The number of aromatic carboxylic acids is 1. The SMILES string of the molecule is CC(Oc1ccccc1)C(=O)Nc1ccc(O)c(C(=O)O)c1.